The van der Waals surface area contributed by atoms with Gasteiger partial charge >= 0.3 is 5.97 Å². The number of carbonyl (C=O) groups excluding carboxylic acids is 1. The lowest BCUT2D eigenvalue weighted by atomic mass is 10.1. The summed E-state index contributed by atoms with van der Waals surface area (Å²) in [4.78, 5) is 11.3. The second kappa shape index (κ2) is 7.26. The third-order valence-electron chi connectivity index (χ3n) is 3.33. The van der Waals surface area contributed by atoms with E-state index in [0.717, 1.165) is 19.2 Å². The Balaban J connectivity index is 0.00000220. The van der Waals surface area contributed by atoms with Crippen molar-refractivity contribution in [3.05, 3.63) is 17.9 Å². The molecule has 0 radical (unpaired) electrons. The van der Waals surface area contributed by atoms with E-state index in [4.69, 9.17) is 4.42 Å². The van der Waals surface area contributed by atoms with Gasteiger partial charge in [0.2, 0.25) is 5.09 Å². The highest BCUT2D eigenvalue weighted by molar-refractivity contribution is 7.89. The standard InChI is InChI=1S/C12H18N2O5S.ClH/c1-13-6-9-3-4-14(7-9)20(16,17)11-5-10(8-19-11)12(15)18-2;/h5,8-9,13H,3-4,6-7H2,1-2H3;1H. The highest BCUT2D eigenvalue weighted by Crippen LogP contribution is 2.25. The van der Waals surface area contributed by atoms with Crippen LogP contribution in [0.4, 0.5) is 0 Å². The number of furan rings is 1. The zero-order valence-electron chi connectivity index (χ0n) is 11.9. The lowest BCUT2D eigenvalue weighted by Crippen LogP contribution is -2.30. The second-order valence-electron chi connectivity index (χ2n) is 4.72. The molecule has 7 nitrogen and oxygen atoms in total. The molecule has 1 unspecified atom stereocenters. The molecule has 1 aliphatic rings. The number of sulfonamides is 1. The summed E-state index contributed by atoms with van der Waals surface area (Å²) in [5, 5.41) is 2.82. The van der Waals surface area contributed by atoms with Crippen LogP contribution in [0, 0.1) is 5.92 Å². The van der Waals surface area contributed by atoms with E-state index in [1.54, 1.807) is 0 Å². The van der Waals surface area contributed by atoms with Crippen LogP contribution in [0.15, 0.2) is 21.8 Å². The van der Waals surface area contributed by atoms with Crippen molar-refractivity contribution in [2.75, 3.05) is 33.8 Å². The molecule has 1 atom stereocenters. The van der Waals surface area contributed by atoms with E-state index in [1.165, 1.54) is 17.5 Å². The minimum Gasteiger partial charge on any atom is -0.465 e. The number of rotatable bonds is 5. The fraction of sp³-hybridized carbons (Fsp3) is 0.583. The van der Waals surface area contributed by atoms with E-state index in [-0.39, 0.29) is 23.1 Å². The predicted octanol–water partition coefficient (Wildman–Crippen LogP) is 0.718. The largest absolute Gasteiger partial charge is 0.465 e. The maximum absolute atomic E-state index is 12.4. The third-order valence-corrected chi connectivity index (χ3v) is 5.07. The Kier molecular flexibility index (Phi) is 6.21. The SMILES string of the molecule is CNCC1CCN(S(=O)(=O)c2cc(C(=O)OC)co2)C1.Cl. The van der Waals surface area contributed by atoms with Crippen LogP contribution in [-0.2, 0) is 14.8 Å². The Hall–Kier alpha value is -1.09. The molecule has 21 heavy (non-hydrogen) atoms. The van der Waals surface area contributed by atoms with Crippen LogP contribution in [0.1, 0.15) is 16.8 Å². The van der Waals surface area contributed by atoms with Crippen LogP contribution in [0.5, 0.6) is 0 Å². The number of ether oxygens (including phenoxy) is 1. The zero-order chi connectivity index (χ0) is 14.8. The number of nitrogens with one attached hydrogen (secondary N) is 1. The summed E-state index contributed by atoms with van der Waals surface area (Å²) in [6, 6.07) is 1.20. The molecule has 2 rings (SSSR count). The van der Waals surface area contributed by atoms with Crippen LogP contribution >= 0.6 is 12.4 Å². The molecule has 0 aliphatic carbocycles. The summed E-state index contributed by atoms with van der Waals surface area (Å²) in [6.07, 6.45) is 1.91. The van der Waals surface area contributed by atoms with E-state index in [0.29, 0.717) is 19.0 Å². The number of hydrogen-bond acceptors (Lipinski definition) is 6. The van der Waals surface area contributed by atoms with Crippen molar-refractivity contribution in [3.63, 3.8) is 0 Å². The van der Waals surface area contributed by atoms with Gasteiger partial charge in [0, 0.05) is 19.2 Å². The lowest BCUT2D eigenvalue weighted by molar-refractivity contribution is 0.0600. The van der Waals surface area contributed by atoms with E-state index >= 15 is 0 Å². The van der Waals surface area contributed by atoms with E-state index < -0.39 is 16.0 Å². The molecule has 0 spiro atoms. The van der Waals surface area contributed by atoms with Crippen LogP contribution in [0.25, 0.3) is 0 Å². The fourth-order valence-electron chi connectivity index (χ4n) is 2.27. The van der Waals surface area contributed by atoms with Gasteiger partial charge in [0.1, 0.15) is 6.26 Å². The lowest BCUT2D eigenvalue weighted by Gasteiger charge is -2.14. The maximum Gasteiger partial charge on any atom is 0.341 e. The van der Waals surface area contributed by atoms with Gasteiger partial charge in [0.15, 0.2) is 0 Å². The number of methoxy groups -OCH3 is 1. The number of hydrogen-bond donors (Lipinski definition) is 1. The van der Waals surface area contributed by atoms with Gasteiger partial charge in [0.25, 0.3) is 10.0 Å². The van der Waals surface area contributed by atoms with Crippen molar-refractivity contribution < 1.29 is 22.4 Å². The molecule has 0 saturated carbocycles. The smallest absolute Gasteiger partial charge is 0.341 e. The highest BCUT2D eigenvalue weighted by Gasteiger charge is 2.34. The Labute approximate surface area is 130 Å². The predicted molar refractivity (Wildman–Crippen MR) is 78.1 cm³/mol. The fourth-order valence-corrected chi connectivity index (χ4v) is 3.73. The number of carbonyl (C=O) groups is 1. The van der Waals surface area contributed by atoms with Gasteiger partial charge in [0.05, 0.1) is 12.7 Å². The molecule has 1 N–H and O–H groups in total. The Morgan fingerprint density at radius 3 is 2.90 bits per heavy atom. The molecule has 1 fully saturated rings. The van der Waals surface area contributed by atoms with Gasteiger partial charge in [-0.1, -0.05) is 0 Å². The first-order valence-corrected chi connectivity index (χ1v) is 7.74. The van der Waals surface area contributed by atoms with Crippen molar-refractivity contribution >= 4 is 28.4 Å². The normalized spacial score (nSPS) is 19.2. The van der Waals surface area contributed by atoms with Crippen molar-refractivity contribution in [3.8, 4) is 0 Å². The van der Waals surface area contributed by atoms with Crippen LogP contribution in [0.2, 0.25) is 0 Å². The molecule has 0 aromatic carbocycles. The first-order valence-electron chi connectivity index (χ1n) is 6.30. The highest BCUT2D eigenvalue weighted by atomic mass is 35.5. The molecule has 120 valence electrons. The Bertz CT molecular complexity index is 586. The van der Waals surface area contributed by atoms with Gasteiger partial charge in [-0.25, -0.2) is 13.2 Å². The third kappa shape index (κ3) is 3.76. The van der Waals surface area contributed by atoms with Gasteiger partial charge < -0.3 is 14.5 Å². The van der Waals surface area contributed by atoms with Gasteiger partial charge in [-0.15, -0.1) is 12.4 Å². The van der Waals surface area contributed by atoms with Crippen molar-refractivity contribution in [1.82, 2.24) is 9.62 Å². The summed E-state index contributed by atoms with van der Waals surface area (Å²) >= 11 is 0. The summed E-state index contributed by atoms with van der Waals surface area (Å²) in [5.41, 5.74) is 0.0945. The van der Waals surface area contributed by atoms with Gasteiger partial charge in [-0.3, -0.25) is 0 Å². The summed E-state index contributed by atoms with van der Waals surface area (Å²) in [5.74, 6) is -0.325. The zero-order valence-corrected chi connectivity index (χ0v) is 13.5. The Morgan fingerprint density at radius 2 is 2.29 bits per heavy atom. The molecule has 0 bridgehead atoms. The van der Waals surface area contributed by atoms with E-state index in [2.05, 4.69) is 10.1 Å². The van der Waals surface area contributed by atoms with Crippen LogP contribution < -0.4 is 5.32 Å². The molecule has 1 aromatic heterocycles. The maximum atomic E-state index is 12.4. The van der Waals surface area contributed by atoms with Gasteiger partial charge in [-0.2, -0.15) is 4.31 Å². The number of halogens is 1. The molecule has 2 heterocycles. The monoisotopic (exact) mass is 338 g/mol. The van der Waals surface area contributed by atoms with Crippen molar-refractivity contribution in [1.29, 1.82) is 0 Å². The molecule has 9 heteroatoms. The number of nitrogens with zero attached hydrogens (tertiary/aromatic N) is 1. The first-order chi connectivity index (χ1) is 9.48. The second-order valence-corrected chi connectivity index (χ2v) is 6.59. The van der Waals surface area contributed by atoms with E-state index in [9.17, 15) is 13.2 Å². The van der Waals surface area contributed by atoms with Crippen molar-refractivity contribution in [2.45, 2.75) is 11.5 Å². The minimum absolute atomic E-state index is 0. The van der Waals surface area contributed by atoms with E-state index in [1.807, 2.05) is 7.05 Å². The van der Waals surface area contributed by atoms with Crippen LogP contribution in [-0.4, -0.2) is 52.5 Å². The van der Waals surface area contributed by atoms with Crippen LogP contribution in [0.3, 0.4) is 0 Å². The molecular formula is C12H19ClN2O5S. The molecule has 1 aromatic rings. The molecule has 0 amide bonds. The van der Waals surface area contributed by atoms with Gasteiger partial charge in [-0.05, 0) is 25.9 Å². The number of esters is 1. The Morgan fingerprint density at radius 1 is 1.57 bits per heavy atom. The first kappa shape index (κ1) is 18.0. The van der Waals surface area contributed by atoms with Crippen molar-refractivity contribution in [2.24, 2.45) is 5.92 Å². The summed E-state index contributed by atoms with van der Waals surface area (Å²) in [6.45, 7) is 1.69. The molecule has 1 aliphatic heterocycles. The minimum atomic E-state index is -3.68. The molecule has 1 saturated heterocycles. The summed E-state index contributed by atoms with van der Waals surface area (Å²) in [7, 11) is -0.612. The average molecular weight is 339 g/mol. The molecular weight excluding hydrogens is 320 g/mol. The summed E-state index contributed by atoms with van der Waals surface area (Å²) < 4.78 is 35.7. The quantitative estimate of drug-likeness (QED) is 0.796. The topological polar surface area (TPSA) is 88.9 Å². The average Bonchev–Trinajstić information content (AvgIpc) is 3.07.